The van der Waals surface area contributed by atoms with Crippen molar-refractivity contribution in [2.45, 2.75) is 39.4 Å². The maximum absolute atomic E-state index is 6.15. The molecule has 0 bridgehead atoms. The second-order valence-corrected chi connectivity index (χ2v) is 17.3. The van der Waals surface area contributed by atoms with Gasteiger partial charge in [0.05, 0.1) is 13.7 Å². The number of aryl methyl sites for hydroxylation is 1. The van der Waals surface area contributed by atoms with Crippen LogP contribution in [0, 0.1) is 19.1 Å². The zero-order valence-corrected chi connectivity index (χ0v) is 29.7. The molecule has 1 atom stereocenters. The van der Waals surface area contributed by atoms with E-state index in [2.05, 4.69) is 128 Å². The number of rotatable bonds is 5. The van der Waals surface area contributed by atoms with Crippen LogP contribution in [0.15, 0.2) is 126 Å². The van der Waals surface area contributed by atoms with Crippen LogP contribution in [0.4, 0.5) is 0 Å². The third kappa shape index (κ3) is 7.23. The maximum atomic E-state index is 6.15. The molecule has 4 aromatic carbocycles. The molecule has 3 heterocycles. The van der Waals surface area contributed by atoms with E-state index in [0.717, 1.165) is 44.5 Å². The van der Waals surface area contributed by atoms with E-state index in [-0.39, 0.29) is 20.1 Å². The molecule has 0 amide bonds. The van der Waals surface area contributed by atoms with E-state index in [1.807, 2.05) is 48.8 Å². The van der Waals surface area contributed by atoms with Gasteiger partial charge in [-0.15, -0.1) is 53.6 Å². The zero-order valence-electron chi connectivity index (χ0n) is 26.3. The summed E-state index contributed by atoms with van der Waals surface area (Å²) in [6.07, 6.45) is 3.90. The average molecular weight is 781 g/mol. The van der Waals surface area contributed by atoms with Gasteiger partial charge in [-0.2, -0.15) is 0 Å². The van der Waals surface area contributed by atoms with Crippen molar-refractivity contribution >= 4 is 35.2 Å². The van der Waals surface area contributed by atoms with Gasteiger partial charge in [0.25, 0.3) is 0 Å². The van der Waals surface area contributed by atoms with E-state index >= 15 is 0 Å². The molecule has 0 fully saturated rings. The minimum Gasteiger partial charge on any atom is -0.501 e. The van der Waals surface area contributed by atoms with Crippen LogP contribution in [0.2, 0.25) is 19.6 Å². The minimum absolute atomic E-state index is 0. The number of aromatic nitrogens is 2. The molecule has 0 aliphatic heterocycles. The van der Waals surface area contributed by atoms with Gasteiger partial charge in [0.15, 0.2) is 0 Å². The van der Waals surface area contributed by atoms with E-state index in [0.29, 0.717) is 5.92 Å². The van der Waals surface area contributed by atoms with Crippen molar-refractivity contribution in [3.8, 4) is 22.5 Å². The Morgan fingerprint density at radius 2 is 1.51 bits per heavy atom. The predicted molar refractivity (Wildman–Crippen MR) is 186 cm³/mol. The minimum atomic E-state index is -1.24. The molecule has 7 rings (SSSR count). The Labute approximate surface area is 280 Å². The van der Waals surface area contributed by atoms with Crippen molar-refractivity contribution in [3.05, 3.63) is 150 Å². The summed E-state index contributed by atoms with van der Waals surface area (Å²) in [5.41, 5.74) is 9.36. The average Bonchev–Trinajstić information content (AvgIpc) is 3.44. The van der Waals surface area contributed by atoms with Crippen molar-refractivity contribution in [3.63, 3.8) is 0 Å². The molecule has 0 saturated heterocycles. The van der Waals surface area contributed by atoms with Crippen molar-refractivity contribution in [2.24, 2.45) is 0 Å². The van der Waals surface area contributed by atoms with Crippen LogP contribution in [0.3, 0.4) is 0 Å². The monoisotopic (exact) mass is 781 g/mol. The summed E-state index contributed by atoms with van der Waals surface area (Å²) in [5.74, 6) is 0.294. The van der Waals surface area contributed by atoms with Gasteiger partial charge < -0.3 is 14.4 Å². The molecule has 5 heteroatoms. The molecule has 0 spiro atoms. The van der Waals surface area contributed by atoms with Crippen LogP contribution in [0.1, 0.15) is 29.5 Å². The fourth-order valence-corrected chi connectivity index (χ4v) is 6.36. The molecule has 0 aliphatic carbocycles. The number of pyridine rings is 2. The second kappa shape index (κ2) is 13.9. The normalized spacial score (nSPS) is 11.8. The van der Waals surface area contributed by atoms with Gasteiger partial charge in [-0.25, -0.2) is 0 Å². The summed E-state index contributed by atoms with van der Waals surface area (Å²) >= 11 is 0. The molecule has 1 unspecified atom stereocenters. The molecule has 3 nitrogen and oxygen atoms in total. The summed E-state index contributed by atoms with van der Waals surface area (Å²) in [6, 6.07) is 44.0. The van der Waals surface area contributed by atoms with Crippen LogP contribution in [-0.4, -0.2) is 18.0 Å². The van der Waals surface area contributed by atoms with Crippen LogP contribution in [0.25, 0.3) is 44.5 Å². The van der Waals surface area contributed by atoms with Gasteiger partial charge in [0, 0.05) is 43.8 Å². The third-order valence-electron chi connectivity index (χ3n) is 8.05. The first-order valence-electron chi connectivity index (χ1n) is 15.1. The number of benzene rings is 4. The molecular formula is C40H36IrN2OSi-2. The van der Waals surface area contributed by atoms with Crippen LogP contribution in [0.5, 0.6) is 0 Å². The SMILES string of the molecule is CC(c1ccccc1)c1ccnc(-c2[c-]ccc3c2oc2ccccc23)c1.Cc1c[c-]c(-c2ccc([Si](C)(C)C)cn2)cc1.[Ir]. The van der Waals surface area contributed by atoms with Gasteiger partial charge in [0.1, 0.15) is 5.58 Å². The molecule has 0 N–H and O–H groups in total. The number of nitrogens with zero attached hydrogens (tertiary/aromatic N) is 2. The van der Waals surface area contributed by atoms with Gasteiger partial charge in [-0.05, 0) is 39.8 Å². The number of para-hydroxylation sites is 1. The molecule has 1 radical (unpaired) electrons. The molecular weight excluding hydrogens is 745 g/mol. The van der Waals surface area contributed by atoms with Gasteiger partial charge >= 0.3 is 0 Å². The maximum Gasteiger partial charge on any atom is 0.120 e. The Morgan fingerprint density at radius 1 is 0.733 bits per heavy atom. The number of hydrogen-bond donors (Lipinski definition) is 0. The largest absolute Gasteiger partial charge is 0.501 e. The molecule has 7 aromatic rings. The van der Waals surface area contributed by atoms with E-state index in [9.17, 15) is 0 Å². The fourth-order valence-electron chi connectivity index (χ4n) is 5.33. The Balaban J connectivity index is 0.000000193. The standard InChI is InChI=1S/C25H18NO.C15H18NSi.Ir/c1-17(18-8-3-2-4-9-18)19-14-15-26-23(16-19)22-12-7-11-21-20-10-5-6-13-24(20)27-25(21)22;1-12-5-7-13(8-6-12)15-10-9-14(11-16-15)17(2,3)4;/h2-11,13-17H,1H3;5-7,9-11H,1-4H3;/q2*-1;. The summed E-state index contributed by atoms with van der Waals surface area (Å²) in [6.45, 7) is 11.3. The summed E-state index contributed by atoms with van der Waals surface area (Å²) < 4.78 is 6.15. The number of fused-ring (bicyclic) bond motifs is 3. The summed E-state index contributed by atoms with van der Waals surface area (Å²) in [4.78, 5) is 9.16. The zero-order chi connectivity index (χ0) is 30.7. The quantitative estimate of drug-likeness (QED) is 0.129. The van der Waals surface area contributed by atoms with Gasteiger partial charge in [0.2, 0.25) is 0 Å². The van der Waals surface area contributed by atoms with Gasteiger partial charge in [-0.1, -0.05) is 111 Å². The van der Waals surface area contributed by atoms with Crippen LogP contribution >= 0.6 is 0 Å². The van der Waals surface area contributed by atoms with Crippen molar-refractivity contribution in [1.29, 1.82) is 0 Å². The van der Waals surface area contributed by atoms with Crippen molar-refractivity contribution in [2.75, 3.05) is 0 Å². The third-order valence-corrected chi connectivity index (χ3v) is 10.1. The first kappa shape index (κ1) is 32.2. The van der Waals surface area contributed by atoms with Crippen molar-refractivity contribution in [1.82, 2.24) is 9.97 Å². The smallest absolute Gasteiger partial charge is 0.120 e. The first-order chi connectivity index (χ1) is 21.3. The second-order valence-electron chi connectivity index (χ2n) is 12.3. The predicted octanol–water partition coefficient (Wildman–Crippen LogP) is 10.00. The van der Waals surface area contributed by atoms with E-state index in [1.165, 1.54) is 21.9 Å². The molecule has 227 valence electrons. The van der Waals surface area contributed by atoms with Gasteiger partial charge in [-0.3, -0.25) is 0 Å². The Morgan fingerprint density at radius 3 is 2.22 bits per heavy atom. The fraction of sp³-hybridized carbons (Fsp3) is 0.150. The van der Waals surface area contributed by atoms with Crippen molar-refractivity contribution < 1.29 is 24.5 Å². The van der Waals surface area contributed by atoms with E-state index in [4.69, 9.17) is 4.42 Å². The summed E-state index contributed by atoms with van der Waals surface area (Å²) in [5, 5.41) is 3.62. The van der Waals surface area contributed by atoms with Crippen LogP contribution in [-0.2, 0) is 20.1 Å². The molecule has 45 heavy (non-hydrogen) atoms. The molecule has 3 aromatic heterocycles. The molecule has 0 aliphatic rings. The first-order valence-corrected chi connectivity index (χ1v) is 18.6. The number of hydrogen-bond acceptors (Lipinski definition) is 3. The Hall–Kier alpha value is -4.15. The van der Waals surface area contributed by atoms with E-state index in [1.54, 1.807) is 0 Å². The van der Waals surface area contributed by atoms with E-state index < -0.39 is 8.07 Å². The topological polar surface area (TPSA) is 38.9 Å². The Bertz CT molecular complexity index is 2010. The Kier molecular flexibility index (Phi) is 9.94. The number of furan rings is 1. The summed E-state index contributed by atoms with van der Waals surface area (Å²) in [7, 11) is -1.24. The van der Waals surface area contributed by atoms with Crippen LogP contribution < -0.4 is 5.19 Å². The molecule has 0 saturated carbocycles.